The standard InChI is InChI=1S/C23H24F3N5O/c1-16-2-4-17(5-3-16)19(31-10-12-32-13-11-31)15-28-21-14-20(23(24,25)26)29-22(30-21)18-6-8-27-9-7-18/h2-9,14,19H,10-13,15H2,1H3,(H,28,29,30). The van der Waals surface area contributed by atoms with E-state index in [0.717, 1.165) is 30.3 Å². The lowest BCUT2D eigenvalue weighted by atomic mass is 10.0. The second-order valence-corrected chi connectivity index (χ2v) is 7.65. The maximum atomic E-state index is 13.5. The number of aryl methyl sites for hydroxylation is 1. The van der Waals surface area contributed by atoms with Crippen molar-refractivity contribution in [1.82, 2.24) is 19.9 Å². The molecule has 0 aliphatic carbocycles. The van der Waals surface area contributed by atoms with E-state index >= 15 is 0 Å². The lowest BCUT2D eigenvalue weighted by Gasteiger charge is -2.35. The summed E-state index contributed by atoms with van der Waals surface area (Å²) < 4.78 is 46.0. The highest BCUT2D eigenvalue weighted by atomic mass is 19.4. The molecule has 32 heavy (non-hydrogen) atoms. The number of benzene rings is 1. The first-order valence-electron chi connectivity index (χ1n) is 10.4. The van der Waals surface area contributed by atoms with Gasteiger partial charge < -0.3 is 10.1 Å². The zero-order chi connectivity index (χ0) is 22.6. The number of nitrogens with one attached hydrogen (secondary N) is 1. The van der Waals surface area contributed by atoms with E-state index in [4.69, 9.17) is 4.74 Å². The van der Waals surface area contributed by atoms with E-state index in [2.05, 4.69) is 37.3 Å². The van der Waals surface area contributed by atoms with Crippen molar-refractivity contribution < 1.29 is 17.9 Å². The fourth-order valence-electron chi connectivity index (χ4n) is 3.65. The summed E-state index contributed by atoms with van der Waals surface area (Å²) in [6.45, 7) is 5.17. The first-order valence-corrected chi connectivity index (χ1v) is 10.4. The molecule has 3 heterocycles. The highest BCUT2D eigenvalue weighted by molar-refractivity contribution is 5.57. The van der Waals surface area contributed by atoms with Gasteiger partial charge in [-0.2, -0.15) is 13.2 Å². The van der Waals surface area contributed by atoms with Crippen LogP contribution < -0.4 is 5.32 Å². The molecule has 168 valence electrons. The minimum Gasteiger partial charge on any atom is -0.379 e. The molecule has 3 aromatic rings. The van der Waals surface area contributed by atoms with Crippen molar-refractivity contribution in [3.8, 4) is 11.4 Å². The van der Waals surface area contributed by atoms with Crippen LogP contribution in [-0.4, -0.2) is 52.7 Å². The molecule has 0 amide bonds. The molecule has 1 atom stereocenters. The summed E-state index contributed by atoms with van der Waals surface area (Å²) in [6, 6.07) is 12.3. The molecule has 1 aliphatic rings. The Bertz CT molecular complexity index is 1020. The molecule has 1 saturated heterocycles. The molecule has 1 unspecified atom stereocenters. The van der Waals surface area contributed by atoms with Gasteiger partial charge in [-0.3, -0.25) is 9.88 Å². The zero-order valence-corrected chi connectivity index (χ0v) is 17.6. The van der Waals surface area contributed by atoms with Gasteiger partial charge in [0, 0.05) is 43.7 Å². The van der Waals surface area contributed by atoms with E-state index in [1.165, 1.54) is 12.4 Å². The molecule has 1 aliphatic heterocycles. The van der Waals surface area contributed by atoms with Crippen LogP contribution in [0.15, 0.2) is 54.9 Å². The van der Waals surface area contributed by atoms with Crippen molar-refractivity contribution in [3.63, 3.8) is 0 Å². The topological polar surface area (TPSA) is 63.2 Å². The lowest BCUT2D eigenvalue weighted by Crippen LogP contribution is -2.41. The van der Waals surface area contributed by atoms with E-state index in [1.807, 2.05) is 19.1 Å². The van der Waals surface area contributed by atoms with Crippen LogP contribution in [0.3, 0.4) is 0 Å². The summed E-state index contributed by atoms with van der Waals surface area (Å²) in [6.07, 6.45) is -1.59. The third kappa shape index (κ3) is 5.41. The Labute approximate surface area is 184 Å². The molecule has 0 bridgehead atoms. The molecule has 6 nitrogen and oxygen atoms in total. The van der Waals surface area contributed by atoms with E-state index in [1.54, 1.807) is 12.1 Å². The zero-order valence-electron chi connectivity index (χ0n) is 17.6. The van der Waals surface area contributed by atoms with Gasteiger partial charge in [-0.05, 0) is 24.6 Å². The summed E-state index contributed by atoms with van der Waals surface area (Å²) in [7, 11) is 0. The summed E-state index contributed by atoms with van der Waals surface area (Å²) in [5.74, 6) is 0.132. The average molecular weight is 443 g/mol. The number of rotatable bonds is 6. The van der Waals surface area contributed by atoms with Crippen LogP contribution in [0.4, 0.5) is 19.0 Å². The number of aromatic nitrogens is 3. The van der Waals surface area contributed by atoms with Crippen molar-refractivity contribution in [1.29, 1.82) is 0 Å². The van der Waals surface area contributed by atoms with Gasteiger partial charge in [0.1, 0.15) is 5.82 Å². The summed E-state index contributed by atoms with van der Waals surface area (Å²) in [4.78, 5) is 14.3. The molecule has 1 N–H and O–H groups in total. The largest absolute Gasteiger partial charge is 0.433 e. The Morgan fingerprint density at radius 3 is 2.38 bits per heavy atom. The second-order valence-electron chi connectivity index (χ2n) is 7.65. The van der Waals surface area contributed by atoms with Gasteiger partial charge in [0.25, 0.3) is 0 Å². The van der Waals surface area contributed by atoms with Gasteiger partial charge in [0.2, 0.25) is 0 Å². The molecular weight excluding hydrogens is 419 g/mol. The number of halogens is 3. The molecule has 0 saturated carbocycles. The van der Waals surface area contributed by atoms with Crippen LogP contribution in [-0.2, 0) is 10.9 Å². The normalized spacial score (nSPS) is 16.0. The lowest BCUT2D eigenvalue weighted by molar-refractivity contribution is -0.141. The van der Waals surface area contributed by atoms with Gasteiger partial charge in [0.15, 0.2) is 11.5 Å². The van der Waals surface area contributed by atoms with Crippen molar-refractivity contribution in [2.75, 3.05) is 38.2 Å². The number of nitrogens with zero attached hydrogens (tertiary/aromatic N) is 4. The van der Waals surface area contributed by atoms with Crippen molar-refractivity contribution in [2.45, 2.75) is 19.1 Å². The highest BCUT2D eigenvalue weighted by Crippen LogP contribution is 2.31. The van der Waals surface area contributed by atoms with E-state index in [-0.39, 0.29) is 17.7 Å². The van der Waals surface area contributed by atoms with Gasteiger partial charge >= 0.3 is 6.18 Å². The van der Waals surface area contributed by atoms with Gasteiger partial charge in [0.05, 0.1) is 19.3 Å². The van der Waals surface area contributed by atoms with E-state index in [9.17, 15) is 13.2 Å². The first-order chi connectivity index (χ1) is 15.4. The smallest absolute Gasteiger partial charge is 0.379 e. The van der Waals surface area contributed by atoms with Gasteiger partial charge in [-0.25, -0.2) is 9.97 Å². The van der Waals surface area contributed by atoms with E-state index in [0.29, 0.717) is 25.3 Å². The Kier molecular flexibility index (Phi) is 6.66. The Morgan fingerprint density at radius 1 is 1.03 bits per heavy atom. The maximum absolute atomic E-state index is 13.5. The van der Waals surface area contributed by atoms with Crippen molar-refractivity contribution >= 4 is 5.82 Å². The number of ether oxygens (including phenoxy) is 1. The Balaban J connectivity index is 1.62. The first kappa shape index (κ1) is 22.2. The SMILES string of the molecule is Cc1ccc(C(CNc2cc(C(F)(F)F)nc(-c3ccncc3)n2)N2CCOCC2)cc1. The van der Waals surface area contributed by atoms with Crippen LogP contribution in [0.2, 0.25) is 0 Å². The predicted molar refractivity (Wildman–Crippen MR) is 115 cm³/mol. The second kappa shape index (κ2) is 9.62. The van der Waals surface area contributed by atoms with E-state index < -0.39 is 11.9 Å². The molecule has 1 aromatic carbocycles. The van der Waals surface area contributed by atoms with Gasteiger partial charge in [-0.15, -0.1) is 0 Å². The number of pyridine rings is 1. The van der Waals surface area contributed by atoms with Crippen LogP contribution in [0, 0.1) is 6.92 Å². The molecule has 1 fully saturated rings. The molecule has 9 heteroatoms. The summed E-state index contributed by atoms with van der Waals surface area (Å²) in [5, 5.41) is 3.13. The Hall–Kier alpha value is -3.04. The van der Waals surface area contributed by atoms with Crippen molar-refractivity contribution in [3.05, 3.63) is 71.7 Å². The summed E-state index contributed by atoms with van der Waals surface area (Å²) in [5.41, 5.74) is 1.72. The predicted octanol–water partition coefficient (Wildman–Crippen LogP) is 4.35. The monoisotopic (exact) mass is 443 g/mol. The third-order valence-corrected chi connectivity index (χ3v) is 5.38. The number of alkyl halides is 3. The fourth-order valence-corrected chi connectivity index (χ4v) is 3.65. The minimum absolute atomic E-state index is 0.00276. The summed E-state index contributed by atoms with van der Waals surface area (Å²) >= 11 is 0. The molecule has 4 rings (SSSR count). The quantitative estimate of drug-likeness (QED) is 0.611. The van der Waals surface area contributed by atoms with Crippen LogP contribution in [0.1, 0.15) is 22.9 Å². The molecular formula is C23H24F3N5O. The third-order valence-electron chi connectivity index (χ3n) is 5.38. The number of hydrogen-bond acceptors (Lipinski definition) is 6. The van der Waals surface area contributed by atoms with Gasteiger partial charge in [-0.1, -0.05) is 29.8 Å². The number of hydrogen-bond donors (Lipinski definition) is 1. The van der Waals surface area contributed by atoms with Crippen molar-refractivity contribution in [2.24, 2.45) is 0 Å². The molecule has 0 radical (unpaired) electrons. The van der Waals surface area contributed by atoms with Crippen LogP contribution in [0.25, 0.3) is 11.4 Å². The number of anilines is 1. The number of morpholine rings is 1. The highest BCUT2D eigenvalue weighted by Gasteiger charge is 2.34. The van der Waals surface area contributed by atoms with Crippen LogP contribution in [0.5, 0.6) is 0 Å². The minimum atomic E-state index is -4.58. The average Bonchev–Trinajstić information content (AvgIpc) is 2.81. The fraction of sp³-hybridized carbons (Fsp3) is 0.348. The molecule has 2 aromatic heterocycles. The maximum Gasteiger partial charge on any atom is 0.433 e. The molecule has 0 spiro atoms. The Morgan fingerprint density at radius 2 is 1.72 bits per heavy atom. The van der Waals surface area contributed by atoms with Crippen LogP contribution >= 0.6 is 0 Å².